The van der Waals surface area contributed by atoms with E-state index in [-0.39, 0.29) is 0 Å². The predicted molar refractivity (Wildman–Crippen MR) is 67.3 cm³/mol. The van der Waals surface area contributed by atoms with Crippen molar-refractivity contribution in [3.8, 4) is 0 Å². The van der Waals surface area contributed by atoms with Crippen molar-refractivity contribution in [2.75, 3.05) is 37.6 Å². The zero-order valence-electron chi connectivity index (χ0n) is 11.4. The molecule has 0 aliphatic carbocycles. The van der Waals surface area contributed by atoms with Crippen LogP contribution < -0.4 is 4.90 Å². The van der Waals surface area contributed by atoms with Crippen molar-refractivity contribution in [3.05, 3.63) is 18.3 Å². The number of aliphatic hydroxyl groups is 1. The van der Waals surface area contributed by atoms with Gasteiger partial charge in [0.25, 0.3) is 0 Å². The number of halogens is 4. The first-order valence-corrected chi connectivity index (χ1v) is 6.43. The summed E-state index contributed by atoms with van der Waals surface area (Å²) in [5.74, 6) is -0.243. The molecule has 9 heteroatoms. The van der Waals surface area contributed by atoms with Crippen molar-refractivity contribution in [2.24, 2.45) is 0 Å². The van der Waals surface area contributed by atoms with Crippen LogP contribution in [0.4, 0.5) is 23.4 Å². The Hall–Kier alpha value is -1.48. The molecular formula is C12H16F4N4O. The fourth-order valence-electron chi connectivity index (χ4n) is 2.16. The van der Waals surface area contributed by atoms with Gasteiger partial charge in [-0.25, -0.2) is 9.97 Å². The number of alkyl halides is 3. The van der Waals surface area contributed by atoms with Crippen molar-refractivity contribution in [3.63, 3.8) is 0 Å². The van der Waals surface area contributed by atoms with Gasteiger partial charge in [0.2, 0.25) is 5.95 Å². The van der Waals surface area contributed by atoms with Gasteiger partial charge in [0.05, 0.1) is 0 Å². The number of hydrogen-bond acceptors (Lipinski definition) is 5. The van der Waals surface area contributed by atoms with Gasteiger partial charge in [-0.2, -0.15) is 17.6 Å². The van der Waals surface area contributed by atoms with Gasteiger partial charge >= 0.3 is 6.18 Å². The molecule has 1 aliphatic heterocycles. The first-order valence-electron chi connectivity index (χ1n) is 6.43. The molecule has 0 amide bonds. The molecule has 1 N–H and O–H groups in total. The third-order valence-corrected chi connectivity index (χ3v) is 3.46. The Kier molecular flexibility index (Phi) is 4.33. The van der Waals surface area contributed by atoms with Crippen LogP contribution in [0, 0.1) is 5.95 Å². The monoisotopic (exact) mass is 308 g/mol. The van der Waals surface area contributed by atoms with Crippen LogP contribution in [-0.4, -0.2) is 64.5 Å². The molecule has 1 fully saturated rings. The minimum Gasteiger partial charge on any atom is -0.380 e. The summed E-state index contributed by atoms with van der Waals surface area (Å²) in [7, 11) is 0. The van der Waals surface area contributed by atoms with E-state index in [1.807, 2.05) is 0 Å². The molecule has 0 saturated carbocycles. The first kappa shape index (κ1) is 15.9. The van der Waals surface area contributed by atoms with Crippen LogP contribution in [0.2, 0.25) is 0 Å². The molecule has 2 heterocycles. The number of aromatic nitrogens is 2. The standard InChI is InChI=1S/C12H16F4N4O/c1-11(21,12(14,15)16)7-19-2-4-20(5-3-19)10-6-9(13)17-8-18-10/h6,8,21H,2-5,7H2,1H3/t11-/m1/s1. The van der Waals surface area contributed by atoms with Crippen LogP contribution in [0.25, 0.3) is 0 Å². The Morgan fingerprint density at radius 2 is 1.81 bits per heavy atom. The van der Waals surface area contributed by atoms with Crippen LogP contribution in [0.1, 0.15) is 6.92 Å². The average molecular weight is 308 g/mol. The molecule has 1 aliphatic rings. The summed E-state index contributed by atoms with van der Waals surface area (Å²) in [6.45, 7) is 1.76. The second-order valence-corrected chi connectivity index (χ2v) is 5.23. The van der Waals surface area contributed by atoms with E-state index in [2.05, 4.69) is 9.97 Å². The van der Waals surface area contributed by atoms with Crippen LogP contribution in [0.5, 0.6) is 0 Å². The van der Waals surface area contributed by atoms with Crippen LogP contribution in [-0.2, 0) is 0 Å². The molecule has 1 aromatic heterocycles. The predicted octanol–water partition coefficient (Wildman–Crippen LogP) is 1.05. The smallest absolute Gasteiger partial charge is 0.380 e. The number of rotatable bonds is 3. The van der Waals surface area contributed by atoms with Crippen molar-refractivity contribution < 1.29 is 22.7 Å². The minimum absolute atomic E-state index is 0.331. The Morgan fingerprint density at radius 3 is 2.33 bits per heavy atom. The Bertz CT molecular complexity index is 486. The summed E-state index contributed by atoms with van der Waals surface area (Å²) in [5.41, 5.74) is -2.74. The van der Waals surface area contributed by atoms with Gasteiger partial charge in [0, 0.05) is 38.8 Å². The molecule has 1 atom stereocenters. The van der Waals surface area contributed by atoms with Crippen LogP contribution >= 0.6 is 0 Å². The van der Waals surface area contributed by atoms with E-state index < -0.39 is 24.3 Å². The number of nitrogens with zero attached hydrogens (tertiary/aromatic N) is 4. The molecule has 21 heavy (non-hydrogen) atoms. The lowest BCUT2D eigenvalue weighted by molar-refractivity contribution is -0.257. The third kappa shape index (κ3) is 3.79. The number of anilines is 1. The van der Waals surface area contributed by atoms with E-state index in [1.54, 1.807) is 4.90 Å². The summed E-state index contributed by atoms with van der Waals surface area (Å²) >= 11 is 0. The van der Waals surface area contributed by atoms with E-state index in [9.17, 15) is 22.7 Å². The van der Waals surface area contributed by atoms with Crippen LogP contribution in [0.3, 0.4) is 0 Å². The maximum atomic E-state index is 13.0. The molecule has 1 saturated heterocycles. The highest BCUT2D eigenvalue weighted by Gasteiger charge is 2.50. The maximum absolute atomic E-state index is 13.0. The highest BCUT2D eigenvalue weighted by molar-refractivity contribution is 5.37. The first-order chi connectivity index (χ1) is 9.69. The fraction of sp³-hybridized carbons (Fsp3) is 0.667. The fourth-order valence-corrected chi connectivity index (χ4v) is 2.16. The lowest BCUT2D eigenvalue weighted by Crippen LogP contribution is -2.56. The summed E-state index contributed by atoms with van der Waals surface area (Å²) < 4.78 is 50.9. The zero-order valence-corrected chi connectivity index (χ0v) is 11.4. The molecule has 2 rings (SSSR count). The zero-order chi connectivity index (χ0) is 15.7. The van der Waals surface area contributed by atoms with Gasteiger partial charge in [-0.3, -0.25) is 4.90 Å². The normalized spacial score (nSPS) is 20.4. The number of piperazine rings is 1. The van der Waals surface area contributed by atoms with Crippen molar-refractivity contribution in [1.82, 2.24) is 14.9 Å². The highest BCUT2D eigenvalue weighted by Crippen LogP contribution is 2.31. The van der Waals surface area contributed by atoms with E-state index in [4.69, 9.17) is 0 Å². The largest absolute Gasteiger partial charge is 0.418 e. The SMILES string of the molecule is C[C@@](O)(CN1CCN(c2cc(F)ncn2)CC1)C(F)(F)F. The Labute approximate surface area is 119 Å². The van der Waals surface area contributed by atoms with Crippen molar-refractivity contribution in [2.45, 2.75) is 18.7 Å². The summed E-state index contributed by atoms with van der Waals surface area (Å²) in [5, 5.41) is 9.47. The topological polar surface area (TPSA) is 52.5 Å². The average Bonchev–Trinajstić information content (AvgIpc) is 2.38. The minimum atomic E-state index is -4.67. The molecule has 5 nitrogen and oxygen atoms in total. The van der Waals surface area contributed by atoms with Gasteiger partial charge < -0.3 is 10.0 Å². The van der Waals surface area contributed by atoms with Gasteiger partial charge in [0.1, 0.15) is 12.1 Å². The van der Waals surface area contributed by atoms with Crippen molar-refractivity contribution >= 4 is 5.82 Å². The molecular weight excluding hydrogens is 292 g/mol. The maximum Gasteiger partial charge on any atom is 0.418 e. The second kappa shape index (κ2) is 5.72. The van der Waals surface area contributed by atoms with Gasteiger partial charge in [-0.05, 0) is 6.92 Å². The quantitative estimate of drug-likeness (QED) is 0.668. The van der Waals surface area contributed by atoms with Crippen LogP contribution in [0.15, 0.2) is 12.4 Å². The molecule has 0 radical (unpaired) electrons. The van der Waals surface area contributed by atoms with Gasteiger partial charge in [0.15, 0.2) is 5.60 Å². The van der Waals surface area contributed by atoms with E-state index in [0.29, 0.717) is 32.0 Å². The number of hydrogen-bond donors (Lipinski definition) is 1. The summed E-state index contributed by atoms with van der Waals surface area (Å²) in [6.07, 6.45) is -3.56. The van der Waals surface area contributed by atoms with Gasteiger partial charge in [-0.1, -0.05) is 0 Å². The summed E-state index contributed by atoms with van der Waals surface area (Å²) in [4.78, 5) is 10.6. The molecule has 0 bridgehead atoms. The summed E-state index contributed by atoms with van der Waals surface area (Å²) in [6, 6.07) is 1.18. The molecule has 0 aromatic carbocycles. The molecule has 0 spiro atoms. The lowest BCUT2D eigenvalue weighted by atomic mass is 10.1. The lowest BCUT2D eigenvalue weighted by Gasteiger charge is -2.39. The molecule has 1 aromatic rings. The molecule has 118 valence electrons. The highest BCUT2D eigenvalue weighted by atomic mass is 19.4. The Morgan fingerprint density at radius 1 is 1.19 bits per heavy atom. The Balaban J connectivity index is 1.92. The van der Waals surface area contributed by atoms with E-state index >= 15 is 0 Å². The van der Waals surface area contributed by atoms with E-state index in [0.717, 1.165) is 13.3 Å². The van der Waals surface area contributed by atoms with Gasteiger partial charge in [-0.15, -0.1) is 0 Å². The van der Waals surface area contributed by atoms with E-state index in [1.165, 1.54) is 11.0 Å². The third-order valence-electron chi connectivity index (χ3n) is 3.46. The second-order valence-electron chi connectivity index (χ2n) is 5.23. The molecule has 0 unspecified atom stereocenters. The van der Waals surface area contributed by atoms with Crippen molar-refractivity contribution in [1.29, 1.82) is 0 Å². The number of β-amino-alcohol motifs (C(OH)–C–C–N with tert-alkyl or cyclic N) is 1.